The molecular weight excluding hydrogens is 390 g/mol. The smallest absolute Gasteiger partial charge is 0.268 e. The van der Waals surface area contributed by atoms with Gasteiger partial charge in [-0.2, -0.15) is 0 Å². The van der Waals surface area contributed by atoms with Crippen molar-refractivity contribution in [1.29, 1.82) is 0 Å². The van der Waals surface area contributed by atoms with Gasteiger partial charge in [0, 0.05) is 23.9 Å². The first-order chi connectivity index (χ1) is 15.1. The fraction of sp³-hybridized carbons (Fsp3) is 0.0400. The van der Waals surface area contributed by atoms with Gasteiger partial charge in [0.2, 0.25) is 0 Å². The molecule has 6 heteroatoms. The molecule has 0 saturated carbocycles. The highest BCUT2D eigenvalue weighted by Crippen LogP contribution is 2.24. The number of rotatable bonds is 4. The summed E-state index contributed by atoms with van der Waals surface area (Å²) in [6, 6.07) is 27.3. The van der Waals surface area contributed by atoms with Gasteiger partial charge in [0.1, 0.15) is 5.82 Å². The van der Waals surface area contributed by atoms with Gasteiger partial charge in [0.15, 0.2) is 0 Å². The topological polar surface area (TPSA) is 78.0 Å². The number of nitrogens with zero attached hydrogens (tertiary/aromatic N) is 3. The van der Waals surface area contributed by atoms with Gasteiger partial charge in [-0.05, 0) is 29.1 Å². The van der Waals surface area contributed by atoms with Gasteiger partial charge in [-0.1, -0.05) is 60.7 Å². The molecule has 31 heavy (non-hydrogen) atoms. The van der Waals surface area contributed by atoms with Gasteiger partial charge in [0.25, 0.3) is 11.2 Å². The molecule has 150 valence electrons. The van der Waals surface area contributed by atoms with E-state index in [9.17, 15) is 14.9 Å². The molecule has 0 fully saturated rings. The third kappa shape index (κ3) is 3.34. The minimum absolute atomic E-state index is 0.0114. The molecule has 0 spiro atoms. The van der Waals surface area contributed by atoms with E-state index in [1.807, 2.05) is 60.7 Å². The normalized spacial score (nSPS) is 11.1. The van der Waals surface area contributed by atoms with Gasteiger partial charge < -0.3 is 0 Å². The highest BCUT2D eigenvalue weighted by atomic mass is 16.6. The molecule has 5 aromatic rings. The first-order valence-corrected chi connectivity index (χ1v) is 9.84. The van der Waals surface area contributed by atoms with E-state index in [1.54, 1.807) is 22.8 Å². The van der Waals surface area contributed by atoms with Crippen molar-refractivity contribution >= 4 is 27.4 Å². The van der Waals surface area contributed by atoms with Crippen LogP contribution >= 0.6 is 0 Å². The van der Waals surface area contributed by atoms with Gasteiger partial charge in [0.05, 0.1) is 21.5 Å². The molecule has 0 N–H and O–H groups in total. The average Bonchev–Trinajstić information content (AvgIpc) is 2.79. The van der Waals surface area contributed by atoms with Crippen LogP contribution in [0.1, 0.15) is 11.4 Å². The lowest BCUT2D eigenvalue weighted by molar-refractivity contribution is -0.384. The van der Waals surface area contributed by atoms with Gasteiger partial charge >= 0.3 is 0 Å². The molecule has 0 unspecified atom stereocenters. The Morgan fingerprint density at radius 3 is 2.39 bits per heavy atom. The maximum atomic E-state index is 13.6. The Bertz CT molecular complexity index is 1520. The minimum Gasteiger partial charge on any atom is -0.268 e. The van der Waals surface area contributed by atoms with E-state index in [0.29, 0.717) is 22.3 Å². The van der Waals surface area contributed by atoms with Crippen molar-refractivity contribution in [3.05, 3.63) is 123 Å². The van der Waals surface area contributed by atoms with Crippen LogP contribution < -0.4 is 5.56 Å². The molecule has 0 bridgehead atoms. The van der Waals surface area contributed by atoms with Crippen LogP contribution in [0.2, 0.25) is 0 Å². The summed E-state index contributed by atoms with van der Waals surface area (Å²) in [6.45, 7) is 0. The summed E-state index contributed by atoms with van der Waals surface area (Å²) in [5.74, 6) is 0.528. The average molecular weight is 407 g/mol. The van der Waals surface area contributed by atoms with E-state index in [0.717, 1.165) is 16.5 Å². The molecule has 0 aliphatic heterocycles. The molecule has 0 amide bonds. The standard InChI is InChI=1S/C25H17N3O3/c29-25-21-12-3-4-13-22(21)26-24(16-17-7-5-10-19(15-17)28(30)31)27(25)23-14-6-9-18-8-1-2-11-20(18)23/h1-15H,16H2. The quantitative estimate of drug-likeness (QED) is 0.309. The van der Waals surface area contributed by atoms with E-state index in [4.69, 9.17) is 4.98 Å². The molecule has 5 rings (SSSR count). The summed E-state index contributed by atoms with van der Waals surface area (Å²) in [6.07, 6.45) is 0.283. The monoisotopic (exact) mass is 407 g/mol. The Hall–Kier alpha value is -4.32. The molecular formula is C25H17N3O3. The van der Waals surface area contributed by atoms with Crippen molar-refractivity contribution in [3.8, 4) is 5.69 Å². The number of para-hydroxylation sites is 1. The second-order valence-corrected chi connectivity index (χ2v) is 7.29. The van der Waals surface area contributed by atoms with Crippen LogP contribution in [0.15, 0.2) is 95.8 Å². The van der Waals surface area contributed by atoms with Crippen molar-refractivity contribution in [2.75, 3.05) is 0 Å². The summed E-state index contributed by atoms with van der Waals surface area (Å²) in [5, 5.41) is 13.7. The maximum absolute atomic E-state index is 13.6. The number of nitro benzene ring substituents is 1. The lowest BCUT2D eigenvalue weighted by Crippen LogP contribution is -2.24. The van der Waals surface area contributed by atoms with E-state index < -0.39 is 4.92 Å². The molecule has 0 radical (unpaired) electrons. The van der Waals surface area contributed by atoms with Gasteiger partial charge in [-0.3, -0.25) is 19.5 Å². The highest BCUT2D eigenvalue weighted by molar-refractivity contribution is 5.90. The summed E-state index contributed by atoms with van der Waals surface area (Å²) in [4.78, 5) is 29.1. The minimum atomic E-state index is -0.422. The van der Waals surface area contributed by atoms with Crippen LogP contribution in [-0.2, 0) is 6.42 Å². The lowest BCUT2D eigenvalue weighted by Gasteiger charge is -2.16. The number of benzene rings is 4. The van der Waals surface area contributed by atoms with E-state index >= 15 is 0 Å². The van der Waals surface area contributed by atoms with E-state index in [-0.39, 0.29) is 17.7 Å². The molecule has 0 saturated heterocycles. The summed E-state index contributed by atoms with van der Waals surface area (Å²) >= 11 is 0. The van der Waals surface area contributed by atoms with Crippen LogP contribution in [0.4, 0.5) is 5.69 Å². The summed E-state index contributed by atoms with van der Waals surface area (Å²) in [7, 11) is 0. The largest absolute Gasteiger partial charge is 0.269 e. The zero-order valence-electron chi connectivity index (χ0n) is 16.4. The van der Waals surface area contributed by atoms with Crippen molar-refractivity contribution in [2.24, 2.45) is 0 Å². The number of fused-ring (bicyclic) bond motifs is 2. The fourth-order valence-electron chi connectivity index (χ4n) is 3.91. The number of aromatic nitrogens is 2. The van der Waals surface area contributed by atoms with Crippen LogP contribution in [0.5, 0.6) is 0 Å². The van der Waals surface area contributed by atoms with Crippen LogP contribution in [0, 0.1) is 10.1 Å². The molecule has 0 aliphatic carbocycles. The SMILES string of the molecule is O=c1c2ccccc2nc(Cc2cccc([N+](=O)[O-])c2)n1-c1cccc2ccccc12. The molecule has 1 heterocycles. The predicted molar refractivity (Wildman–Crippen MR) is 121 cm³/mol. The Labute approximate surface area is 177 Å². The predicted octanol–water partition coefficient (Wildman–Crippen LogP) is 5.04. The zero-order valence-corrected chi connectivity index (χ0v) is 16.4. The molecule has 0 atom stereocenters. The zero-order chi connectivity index (χ0) is 21.4. The van der Waals surface area contributed by atoms with Crippen molar-refractivity contribution < 1.29 is 4.92 Å². The van der Waals surface area contributed by atoms with Crippen LogP contribution in [0.25, 0.3) is 27.4 Å². The number of non-ortho nitro benzene ring substituents is 1. The fourth-order valence-corrected chi connectivity index (χ4v) is 3.91. The Balaban J connectivity index is 1.79. The number of hydrogen-bond acceptors (Lipinski definition) is 4. The first-order valence-electron chi connectivity index (χ1n) is 9.84. The van der Waals surface area contributed by atoms with Crippen LogP contribution in [-0.4, -0.2) is 14.5 Å². The van der Waals surface area contributed by atoms with Crippen LogP contribution in [0.3, 0.4) is 0 Å². The molecule has 4 aromatic carbocycles. The second kappa shape index (κ2) is 7.50. The first kappa shape index (κ1) is 18.7. The maximum Gasteiger partial charge on any atom is 0.269 e. The summed E-state index contributed by atoms with van der Waals surface area (Å²) in [5.41, 5.74) is 1.90. The number of nitro groups is 1. The molecule has 0 aliphatic rings. The molecule has 6 nitrogen and oxygen atoms in total. The third-order valence-electron chi connectivity index (χ3n) is 5.34. The van der Waals surface area contributed by atoms with E-state index in [2.05, 4.69) is 0 Å². The lowest BCUT2D eigenvalue weighted by atomic mass is 10.1. The third-order valence-corrected chi connectivity index (χ3v) is 5.34. The Morgan fingerprint density at radius 2 is 1.55 bits per heavy atom. The molecule has 1 aromatic heterocycles. The van der Waals surface area contributed by atoms with Gasteiger partial charge in [-0.15, -0.1) is 0 Å². The highest BCUT2D eigenvalue weighted by Gasteiger charge is 2.16. The van der Waals surface area contributed by atoms with Crippen molar-refractivity contribution in [1.82, 2.24) is 9.55 Å². The summed E-state index contributed by atoms with van der Waals surface area (Å²) < 4.78 is 1.63. The van der Waals surface area contributed by atoms with E-state index in [1.165, 1.54) is 12.1 Å². The second-order valence-electron chi connectivity index (χ2n) is 7.29. The van der Waals surface area contributed by atoms with Crippen molar-refractivity contribution in [3.63, 3.8) is 0 Å². The Kier molecular flexibility index (Phi) is 4.52. The van der Waals surface area contributed by atoms with Gasteiger partial charge in [-0.25, -0.2) is 4.98 Å². The van der Waals surface area contributed by atoms with Crippen molar-refractivity contribution in [2.45, 2.75) is 6.42 Å². The number of hydrogen-bond donors (Lipinski definition) is 0. The Morgan fingerprint density at radius 1 is 0.839 bits per heavy atom.